The smallest absolute Gasteiger partial charge is 0.223 e. The van der Waals surface area contributed by atoms with Crippen molar-refractivity contribution in [2.75, 3.05) is 6.54 Å². The normalized spacial score (nSPS) is 17.7. The summed E-state index contributed by atoms with van der Waals surface area (Å²) in [5.41, 5.74) is 2.55. The van der Waals surface area contributed by atoms with Crippen molar-refractivity contribution in [2.24, 2.45) is 0 Å². The van der Waals surface area contributed by atoms with Gasteiger partial charge in [-0.15, -0.1) is 0 Å². The highest BCUT2D eigenvalue weighted by Gasteiger charge is 2.28. The number of carbonyl (C=O) groups excluding carboxylic acids is 1. The molecule has 1 aromatic heterocycles. The number of rotatable bonds is 5. The summed E-state index contributed by atoms with van der Waals surface area (Å²) in [7, 11) is 0. The minimum atomic E-state index is 0.286. The van der Waals surface area contributed by atoms with Gasteiger partial charge in [0.05, 0.1) is 0 Å². The van der Waals surface area contributed by atoms with Crippen molar-refractivity contribution >= 4 is 5.91 Å². The van der Waals surface area contributed by atoms with Crippen LogP contribution >= 0.6 is 0 Å². The Hall–Kier alpha value is -2.10. The summed E-state index contributed by atoms with van der Waals surface area (Å²) in [4.78, 5) is 19.0. The van der Waals surface area contributed by atoms with Crippen LogP contribution < -0.4 is 0 Å². The lowest BCUT2D eigenvalue weighted by molar-refractivity contribution is -0.132. The lowest BCUT2D eigenvalue weighted by atomic mass is 10.0. The summed E-state index contributed by atoms with van der Waals surface area (Å²) in [5.74, 6) is 1.30. The second-order valence-corrected chi connectivity index (χ2v) is 6.44. The van der Waals surface area contributed by atoms with Gasteiger partial charge in [-0.3, -0.25) is 4.79 Å². The Morgan fingerprint density at radius 2 is 2.13 bits per heavy atom. The summed E-state index contributed by atoms with van der Waals surface area (Å²) in [5, 5.41) is 0. The molecule has 3 rings (SSSR count). The predicted octanol–water partition coefficient (Wildman–Crippen LogP) is 3.12. The molecule has 2 aromatic rings. The molecular weight excluding hydrogens is 286 g/mol. The Kier molecular flexibility index (Phi) is 4.79. The van der Waals surface area contributed by atoms with Crippen LogP contribution in [0.1, 0.15) is 36.2 Å². The number of aryl methyl sites for hydroxylation is 3. The maximum absolute atomic E-state index is 12.7. The number of imidazole rings is 1. The van der Waals surface area contributed by atoms with Crippen LogP contribution in [0.4, 0.5) is 0 Å². The number of aromatic nitrogens is 2. The van der Waals surface area contributed by atoms with E-state index in [1.807, 2.05) is 31.5 Å². The van der Waals surface area contributed by atoms with Crippen LogP contribution in [0.5, 0.6) is 0 Å². The van der Waals surface area contributed by atoms with Crippen molar-refractivity contribution in [3.63, 3.8) is 0 Å². The lowest BCUT2D eigenvalue weighted by Crippen LogP contribution is -2.38. The molecule has 1 fully saturated rings. The van der Waals surface area contributed by atoms with Crippen molar-refractivity contribution in [2.45, 2.75) is 52.1 Å². The van der Waals surface area contributed by atoms with Gasteiger partial charge in [0.2, 0.25) is 5.91 Å². The second kappa shape index (κ2) is 6.99. The average molecular weight is 311 g/mol. The molecule has 0 bridgehead atoms. The molecule has 122 valence electrons. The van der Waals surface area contributed by atoms with E-state index in [0.717, 1.165) is 38.2 Å². The number of hydrogen-bond donors (Lipinski definition) is 0. The highest BCUT2D eigenvalue weighted by Crippen LogP contribution is 2.21. The first-order chi connectivity index (χ1) is 11.1. The molecule has 2 heterocycles. The monoisotopic (exact) mass is 311 g/mol. The molecule has 0 N–H and O–H groups in total. The number of likely N-dealkylation sites (tertiary alicyclic amines) is 1. The molecule has 0 radical (unpaired) electrons. The molecule has 1 amide bonds. The molecule has 1 saturated heterocycles. The van der Waals surface area contributed by atoms with Crippen LogP contribution in [0.25, 0.3) is 0 Å². The fraction of sp³-hybridized carbons (Fsp3) is 0.474. The van der Waals surface area contributed by atoms with Crippen molar-refractivity contribution in [3.8, 4) is 0 Å². The van der Waals surface area contributed by atoms with E-state index in [-0.39, 0.29) is 5.91 Å². The van der Waals surface area contributed by atoms with Crippen molar-refractivity contribution in [1.29, 1.82) is 0 Å². The highest BCUT2D eigenvalue weighted by molar-refractivity contribution is 5.77. The molecule has 0 aliphatic carbocycles. The van der Waals surface area contributed by atoms with E-state index in [9.17, 15) is 4.79 Å². The Labute approximate surface area is 138 Å². The molecule has 4 heteroatoms. The van der Waals surface area contributed by atoms with Gasteiger partial charge in [-0.2, -0.15) is 0 Å². The molecule has 4 nitrogen and oxygen atoms in total. The minimum Gasteiger partial charge on any atom is -0.338 e. The molecule has 23 heavy (non-hydrogen) atoms. The number of amides is 1. The van der Waals surface area contributed by atoms with E-state index >= 15 is 0 Å². The van der Waals surface area contributed by atoms with Gasteiger partial charge in [-0.25, -0.2) is 4.98 Å². The third kappa shape index (κ3) is 3.63. The van der Waals surface area contributed by atoms with Crippen molar-refractivity contribution in [3.05, 3.63) is 53.6 Å². The summed E-state index contributed by atoms with van der Waals surface area (Å²) in [6.45, 7) is 5.88. The summed E-state index contributed by atoms with van der Waals surface area (Å²) in [6, 6.07) is 8.64. The standard InChI is InChI=1S/C19H25N3O/c1-15-6-3-4-7-17(15)9-10-19(23)22-12-5-8-18(22)14-21-13-11-20-16(21)2/h3-4,6-7,11,13,18H,5,8-10,12,14H2,1-2H3. The zero-order valence-electron chi connectivity index (χ0n) is 14.0. The number of nitrogens with zero attached hydrogens (tertiary/aromatic N) is 3. The van der Waals surface area contributed by atoms with Crippen LogP contribution in [0, 0.1) is 13.8 Å². The lowest BCUT2D eigenvalue weighted by Gasteiger charge is -2.25. The number of benzene rings is 1. The molecular formula is C19H25N3O. The van der Waals surface area contributed by atoms with Crippen LogP contribution in [0.3, 0.4) is 0 Å². The summed E-state index contributed by atoms with van der Waals surface area (Å²) >= 11 is 0. The first-order valence-electron chi connectivity index (χ1n) is 8.47. The Bertz CT molecular complexity index is 677. The maximum Gasteiger partial charge on any atom is 0.223 e. The van der Waals surface area contributed by atoms with Crippen molar-refractivity contribution in [1.82, 2.24) is 14.5 Å². The predicted molar refractivity (Wildman–Crippen MR) is 91.2 cm³/mol. The second-order valence-electron chi connectivity index (χ2n) is 6.44. The molecule has 1 atom stereocenters. The van der Waals surface area contributed by atoms with Crippen LogP contribution in [-0.2, 0) is 17.8 Å². The van der Waals surface area contributed by atoms with E-state index in [1.54, 1.807) is 0 Å². The molecule has 0 spiro atoms. The van der Waals surface area contributed by atoms with E-state index in [0.29, 0.717) is 12.5 Å². The van der Waals surface area contributed by atoms with E-state index in [2.05, 4.69) is 33.5 Å². The van der Waals surface area contributed by atoms with Gasteiger partial charge < -0.3 is 9.47 Å². The van der Waals surface area contributed by atoms with Gasteiger partial charge in [0.1, 0.15) is 5.82 Å². The number of hydrogen-bond acceptors (Lipinski definition) is 2. The molecule has 1 aliphatic heterocycles. The SMILES string of the molecule is Cc1ccccc1CCC(=O)N1CCCC1Cn1ccnc1C. The molecule has 1 aromatic carbocycles. The Morgan fingerprint density at radius 1 is 1.30 bits per heavy atom. The zero-order chi connectivity index (χ0) is 16.2. The van der Waals surface area contributed by atoms with Gasteiger partial charge in [0, 0.05) is 37.9 Å². The van der Waals surface area contributed by atoms with Gasteiger partial charge >= 0.3 is 0 Å². The summed E-state index contributed by atoms with van der Waals surface area (Å²) in [6.07, 6.45) is 7.46. The quantitative estimate of drug-likeness (QED) is 0.851. The first-order valence-corrected chi connectivity index (χ1v) is 8.47. The topological polar surface area (TPSA) is 38.1 Å². The van der Waals surface area contributed by atoms with E-state index in [4.69, 9.17) is 0 Å². The van der Waals surface area contributed by atoms with Crippen LogP contribution in [0.15, 0.2) is 36.7 Å². The molecule has 1 aliphatic rings. The Balaban J connectivity index is 1.60. The first kappa shape index (κ1) is 15.8. The zero-order valence-corrected chi connectivity index (χ0v) is 14.0. The molecule has 1 unspecified atom stereocenters. The van der Waals surface area contributed by atoms with E-state index < -0.39 is 0 Å². The average Bonchev–Trinajstić information content (AvgIpc) is 3.16. The largest absolute Gasteiger partial charge is 0.338 e. The maximum atomic E-state index is 12.7. The van der Waals surface area contributed by atoms with Gasteiger partial charge in [0.25, 0.3) is 0 Å². The van der Waals surface area contributed by atoms with Gasteiger partial charge in [0.15, 0.2) is 0 Å². The number of carbonyl (C=O) groups is 1. The third-order valence-electron chi connectivity index (χ3n) is 4.90. The van der Waals surface area contributed by atoms with Crippen LogP contribution in [0.2, 0.25) is 0 Å². The van der Waals surface area contributed by atoms with Crippen molar-refractivity contribution < 1.29 is 4.79 Å². The molecule has 0 saturated carbocycles. The minimum absolute atomic E-state index is 0.286. The Morgan fingerprint density at radius 3 is 2.87 bits per heavy atom. The van der Waals surface area contributed by atoms with Gasteiger partial charge in [-0.05, 0) is 44.2 Å². The highest BCUT2D eigenvalue weighted by atomic mass is 16.2. The fourth-order valence-electron chi connectivity index (χ4n) is 3.45. The van der Waals surface area contributed by atoms with Crippen LogP contribution in [-0.4, -0.2) is 32.9 Å². The van der Waals surface area contributed by atoms with E-state index in [1.165, 1.54) is 11.1 Å². The van der Waals surface area contributed by atoms with Gasteiger partial charge in [-0.1, -0.05) is 24.3 Å². The fourth-order valence-corrected chi connectivity index (χ4v) is 3.45. The summed E-state index contributed by atoms with van der Waals surface area (Å²) < 4.78 is 2.15. The third-order valence-corrected chi connectivity index (χ3v) is 4.90.